The Balaban J connectivity index is 1.41. The summed E-state index contributed by atoms with van der Waals surface area (Å²) in [5.41, 5.74) is 2.47. The molecule has 3 aromatic heterocycles. The van der Waals surface area contributed by atoms with Crippen LogP contribution in [0, 0.1) is 6.92 Å². The number of pyridine rings is 1. The van der Waals surface area contributed by atoms with E-state index in [4.69, 9.17) is 4.52 Å². The molecule has 140 valence electrons. The molecule has 8 heteroatoms. The summed E-state index contributed by atoms with van der Waals surface area (Å²) in [6, 6.07) is 3.69. The summed E-state index contributed by atoms with van der Waals surface area (Å²) in [7, 11) is 0. The second-order valence-corrected chi connectivity index (χ2v) is 6.72. The zero-order valence-corrected chi connectivity index (χ0v) is 15.5. The van der Waals surface area contributed by atoms with Gasteiger partial charge in [0.05, 0.1) is 11.8 Å². The molecule has 4 heterocycles. The second-order valence-electron chi connectivity index (χ2n) is 6.72. The van der Waals surface area contributed by atoms with Crippen molar-refractivity contribution in [1.29, 1.82) is 0 Å². The molecule has 0 aromatic carbocycles. The van der Waals surface area contributed by atoms with Crippen LogP contribution in [0.4, 0.5) is 0 Å². The summed E-state index contributed by atoms with van der Waals surface area (Å²) in [4.78, 5) is 23.2. The average molecular weight is 366 g/mol. The van der Waals surface area contributed by atoms with E-state index in [0.717, 1.165) is 30.6 Å². The largest absolute Gasteiger partial charge is 0.338 e. The van der Waals surface area contributed by atoms with Crippen LogP contribution in [-0.4, -0.2) is 48.8 Å². The molecule has 3 aromatic rings. The molecule has 0 N–H and O–H groups in total. The van der Waals surface area contributed by atoms with Gasteiger partial charge in [-0.05, 0) is 38.8 Å². The van der Waals surface area contributed by atoms with Crippen molar-refractivity contribution in [2.24, 2.45) is 0 Å². The summed E-state index contributed by atoms with van der Waals surface area (Å²) in [5.74, 6) is 1.47. The summed E-state index contributed by atoms with van der Waals surface area (Å²) in [6.07, 6.45) is 6.72. The summed E-state index contributed by atoms with van der Waals surface area (Å²) >= 11 is 0. The molecule has 8 nitrogen and oxygen atoms in total. The lowest BCUT2D eigenvalue weighted by atomic mass is 9.95. The van der Waals surface area contributed by atoms with Gasteiger partial charge in [0.2, 0.25) is 0 Å². The van der Waals surface area contributed by atoms with Gasteiger partial charge in [-0.25, -0.2) is 0 Å². The van der Waals surface area contributed by atoms with Crippen molar-refractivity contribution in [3.8, 4) is 11.5 Å². The number of nitrogens with zero attached hydrogens (tertiary/aromatic N) is 6. The van der Waals surface area contributed by atoms with E-state index in [1.165, 1.54) is 0 Å². The minimum atomic E-state index is 0.0521. The van der Waals surface area contributed by atoms with Crippen molar-refractivity contribution in [2.75, 3.05) is 13.1 Å². The maximum Gasteiger partial charge on any atom is 0.258 e. The molecule has 0 spiro atoms. The molecule has 0 atom stereocenters. The number of hydrogen-bond acceptors (Lipinski definition) is 6. The first-order chi connectivity index (χ1) is 13.2. The molecule has 1 saturated heterocycles. The number of hydrogen-bond donors (Lipinski definition) is 0. The van der Waals surface area contributed by atoms with Gasteiger partial charge in [0, 0.05) is 49.2 Å². The number of aryl methyl sites for hydroxylation is 1. The Hall–Kier alpha value is -3.03. The maximum absolute atomic E-state index is 12.8. The minimum absolute atomic E-state index is 0.0521. The number of piperidine rings is 1. The van der Waals surface area contributed by atoms with Crippen LogP contribution >= 0.6 is 0 Å². The van der Waals surface area contributed by atoms with E-state index in [1.54, 1.807) is 18.6 Å². The first-order valence-electron chi connectivity index (χ1n) is 9.23. The van der Waals surface area contributed by atoms with Crippen LogP contribution < -0.4 is 0 Å². The molecule has 1 aliphatic rings. The van der Waals surface area contributed by atoms with Crippen molar-refractivity contribution >= 4 is 5.91 Å². The Morgan fingerprint density at radius 3 is 2.67 bits per heavy atom. The number of carbonyl (C=O) groups is 1. The van der Waals surface area contributed by atoms with Gasteiger partial charge < -0.3 is 9.42 Å². The molecule has 0 saturated carbocycles. The molecule has 0 unspecified atom stereocenters. The fourth-order valence-electron chi connectivity index (χ4n) is 3.50. The average Bonchev–Trinajstić information content (AvgIpc) is 3.35. The standard InChI is InChI=1S/C19H22N6O2/c1-3-25-13(2)16(12-21-25)19(26)24-10-6-14(7-11-24)17-22-18(27-23-17)15-4-8-20-9-5-15/h4-5,8-9,12,14H,3,6-7,10-11H2,1-2H3. The second kappa shape index (κ2) is 7.30. The Morgan fingerprint density at radius 1 is 1.26 bits per heavy atom. The van der Waals surface area contributed by atoms with Gasteiger partial charge in [-0.3, -0.25) is 14.5 Å². The quantitative estimate of drug-likeness (QED) is 0.705. The molecule has 4 rings (SSSR count). The summed E-state index contributed by atoms with van der Waals surface area (Å²) < 4.78 is 7.25. The Morgan fingerprint density at radius 2 is 2.00 bits per heavy atom. The normalized spacial score (nSPS) is 15.3. The first kappa shape index (κ1) is 17.4. The lowest BCUT2D eigenvalue weighted by Gasteiger charge is -2.30. The van der Waals surface area contributed by atoms with Gasteiger partial charge in [0.15, 0.2) is 5.82 Å². The number of carbonyl (C=O) groups excluding carboxylic acids is 1. The van der Waals surface area contributed by atoms with Crippen LogP contribution in [0.2, 0.25) is 0 Å². The molecule has 0 bridgehead atoms. The zero-order chi connectivity index (χ0) is 18.8. The molecular weight excluding hydrogens is 344 g/mol. The number of likely N-dealkylation sites (tertiary alicyclic amines) is 1. The third-order valence-corrected chi connectivity index (χ3v) is 5.15. The lowest BCUT2D eigenvalue weighted by molar-refractivity contribution is 0.0709. The van der Waals surface area contributed by atoms with Gasteiger partial charge in [-0.15, -0.1) is 0 Å². The highest BCUT2D eigenvalue weighted by atomic mass is 16.5. The molecule has 0 aliphatic carbocycles. The molecule has 0 radical (unpaired) electrons. The predicted molar refractivity (Wildman–Crippen MR) is 98.0 cm³/mol. The third-order valence-electron chi connectivity index (χ3n) is 5.15. The van der Waals surface area contributed by atoms with Crippen molar-refractivity contribution in [3.63, 3.8) is 0 Å². The molecular formula is C19H22N6O2. The Labute approximate surface area is 157 Å². The molecule has 1 amide bonds. The van der Waals surface area contributed by atoms with Crippen molar-refractivity contribution in [1.82, 2.24) is 29.8 Å². The van der Waals surface area contributed by atoms with Gasteiger partial charge in [-0.1, -0.05) is 5.16 Å². The number of rotatable bonds is 4. The SMILES string of the molecule is CCn1ncc(C(=O)N2CCC(c3noc(-c4ccncc4)n3)CC2)c1C. The highest BCUT2D eigenvalue weighted by Crippen LogP contribution is 2.28. The smallest absolute Gasteiger partial charge is 0.258 e. The molecule has 1 fully saturated rings. The van der Waals surface area contributed by atoms with Crippen LogP contribution in [0.5, 0.6) is 0 Å². The van der Waals surface area contributed by atoms with E-state index in [-0.39, 0.29) is 11.8 Å². The topological polar surface area (TPSA) is 89.9 Å². The fourth-order valence-corrected chi connectivity index (χ4v) is 3.50. The third kappa shape index (κ3) is 3.34. The van der Waals surface area contributed by atoms with Crippen LogP contribution in [0.15, 0.2) is 35.2 Å². The van der Waals surface area contributed by atoms with Crippen LogP contribution in [-0.2, 0) is 6.54 Å². The van der Waals surface area contributed by atoms with Gasteiger partial charge in [0.25, 0.3) is 11.8 Å². The molecule has 27 heavy (non-hydrogen) atoms. The zero-order valence-electron chi connectivity index (χ0n) is 15.5. The van der Waals surface area contributed by atoms with Gasteiger partial charge >= 0.3 is 0 Å². The Bertz CT molecular complexity index is 925. The maximum atomic E-state index is 12.8. The summed E-state index contributed by atoms with van der Waals surface area (Å²) in [5, 5.41) is 8.43. The van der Waals surface area contributed by atoms with Crippen LogP contribution in [0.3, 0.4) is 0 Å². The lowest BCUT2D eigenvalue weighted by Crippen LogP contribution is -2.38. The summed E-state index contributed by atoms with van der Waals surface area (Å²) in [6.45, 7) is 6.08. The first-order valence-corrected chi connectivity index (χ1v) is 9.23. The van der Waals surface area contributed by atoms with Crippen LogP contribution in [0.25, 0.3) is 11.5 Å². The van der Waals surface area contributed by atoms with E-state index >= 15 is 0 Å². The van der Waals surface area contributed by atoms with Gasteiger partial charge in [-0.2, -0.15) is 10.1 Å². The van der Waals surface area contributed by atoms with Crippen molar-refractivity contribution in [3.05, 3.63) is 47.8 Å². The highest BCUT2D eigenvalue weighted by Gasteiger charge is 2.29. The van der Waals surface area contributed by atoms with E-state index in [9.17, 15) is 4.79 Å². The molecule has 1 aliphatic heterocycles. The van der Waals surface area contributed by atoms with E-state index in [2.05, 4.69) is 20.2 Å². The van der Waals surface area contributed by atoms with E-state index in [1.807, 2.05) is 35.6 Å². The van der Waals surface area contributed by atoms with Crippen molar-refractivity contribution in [2.45, 2.75) is 39.2 Å². The highest BCUT2D eigenvalue weighted by molar-refractivity contribution is 5.95. The predicted octanol–water partition coefficient (Wildman–Crippen LogP) is 2.68. The van der Waals surface area contributed by atoms with Crippen molar-refractivity contribution < 1.29 is 9.32 Å². The van der Waals surface area contributed by atoms with E-state index in [0.29, 0.717) is 30.4 Å². The number of amides is 1. The monoisotopic (exact) mass is 366 g/mol. The van der Waals surface area contributed by atoms with Crippen LogP contribution in [0.1, 0.15) is 47.6 Å². The van der Waals surface area contributed by atoms with Gasteiger partial charge in [0.1, 0.15) is 0 Å². The fraction of sp³-hybridized carbons (Fsp3) is 0.421. The Kier molecular flexibility index (Phi) is 4.70. The minimum Gasteiger partial charge on any atom is -0.338 e. The number of aromatic nitrogens is 5. The van der Waals surface area contributed by atoms with E-state index < -0.39 is 0 Å².